The van der Waals surface area contributed by atoms with E-state index in [1.54, 1.807) is 29.2 Å². The van der Waals surface area contributed by atoms with Crippen molar-refractivity contribution in [3.63, 3.8) is 0 Å². The molecule has 1 fully saturated rings. The molecule has 7 heteroatoms. The molecule has 0 aromatic heterocycles. The molecule has 146 valence electrons. The predicted molar refractivity (Wildman–Crippen MR) is 107 cm³/mol. The van der Waals surface area contributed by atoms with Crippen molar-refractivity contribution in [1.29, 1.82) is 0 Å². The van der Waals surface area contributed by atoms with E-state index in [0.29, 0.717) is 30.9 Å². The Bertz CT molecular complexity index is 879. The smallest absolute Gasteiger partial charge is 0.325 e. The average molecular weight is 381 g/mol. The van der Waals surface area contributed by atoms with Crippen LogP contribution in [0.3, 0.4) is 0 Å². The van der Waals surface area contributed by atoms with Crippen LogP contribution in [-0.4, -0.2) is 48.9 Å². The second-order valence-corrected chi connectivity index (χ2v) is 6.47. The summed E-state index contributed by atoms with van der Waals surface area (Å²) in [5.41, 5.74) is 1.83. The highest BCUT2D eigenvalue weighted by Gasteiger charge is 2.30. The van der Waals surface area contributed by atoms with Gasteiger partial charge in [0.15, 0.2) is 5.78 Å². The first-order valence-electron chi connectivity index (χ1n) is 9.18. The van der Waals surface area contributed by atoms with Crippen molar-refractivity contribution in [3.05, 3.63) is 54.1 Å². The van der Waals surface area contributed by atoms with E-state index in [9.17, 15) is 14.4 Å². The van der Waals surface area contributed by atoms with Crippen LogP contribution in [0.4, 0.5) is 16.2 Å². The van der Waals surface area contributed by atoms with Crippen LogP contribution in [0, 0.1) is 0 Å². The molecule has 1 saturated heterocycles. The summed E-state index contributed by atoms with van der Waals surface area (Å²) in [7, 11) is 0. The van der Waals surface area contributed by atoms with Crippen molar-refractivity contribution in [2.75, 3.05) is 36.5 Å². The van der Waals surface area contributed by atoms with Gasteiger partial charge in [0.2, 0.25) is 5.91 Å². The van der Waals surface area contributed by atoms with E-state index in [-0.39, 0.29) is 24.3 Å². The highest BCUT2D eigenvalue weighted by Crippen LogP contribution is 2.23. The lowest BCUT2D eigenvalue weighted by molar-refractivity contribution is -0.116. The fraction of sp³-hybridized carbons (Fsp3) is 0.286. The standard InChI is InChI=1S/C21H23N3O4/c1-3-28-19-9-7-18(8-10-19)24-12-11-23(21(24)27)14-20(26)22-17-6-4-5-16(13-17)15(2)25/h4-10,13H,3,11-12,14H2,1-2H3,(H,22,26). The maximum atomic E-state index is 12.6. The Labute approximate surface area is 163 Å². The van der Waals surface area contributed by atoms with Crippen molar-refractivity contribution in [2.45, 2.75) is 13.8 Å². The summed E-state index contributed by atoms with van der Waals surface area (Å²) in [5, 5.41) is 2.74. The minimum atomic E-state index is -0.303. The lowest BCUT2D eigenvalue weighted by Crippen LogP contribution is -2.37. The molecule has 0 atom stereocenters. The monoisotopic (exact) mass is 381 g/mol. The van der Waals surface area contributed by atoms with Gasteiger partial charge in [-0.05, 0) is 50.2 Å². The summed E-state index contributed by atoms with van der Waals surface area (Å²) in [6.07, 6.45) is 0. The molecule has 0 bridgehead atoms. The number of ketones is 1. The Kier molecular flexibility index (Phi) is 5.93. The molecule has 0 aliphatic carbocycles. The van der Waals surface area contributed by atoms with Crippen LogP contribution in [0.1, 0.15) is 24.2 Å². The molecule has 1 aliphatic heterocycles. The summed E-state index contributed by atoms with van der Waals surface area (Å²) in [4.78, 5) is 39.6. The molecule has 1 heterocycles. The molecule has 3 rings (SSSR count). The molecule has 1 aliphatic rings. The zero-order chi connectivity index (χ0) is 20.1. The number of urea groups is 1. The molecule has 0 unspecified atom stereocenters. The number of carbonyl (C=O) groups is 3. The van der Waals surface area contributed by atoms with Gasteiger partial charge in [0.25, 0.3) is 0 Å². The summed E-state index contributed by atoms with van der Waals surface area (Å²) in [6, 6.07) is 13.8. The predicted octanol–water partition coefficient (Wildman–Crippen LogP) is 3.17. The van der Waals surface area contributed by atoms with Crippen LogP contribution in [0.2, 0.25) is 0 Å². The summed E-state index contributed by atoms with van der Waals surface area (Å²) in [5.74, 6) is 0.376. The molecule has 3 amide bonds. The number of rotatable bonds is 7. The topological polar surface area (TPSA) is 79.0 Å². The third-order valence-electron chi connectivity index (χ3n) is 4.44. The summed E-state index contributed by atoms with van der Waals surface area (Å²) >= 11 is 0. The van der Waals surface area contributed by atoms with Gasteiger partial charge in [-0.25, -0.2) is 4.79 Å². The molecule has 2 aromatic carbocycles. The van der Waals surface area contributed by atoms with Crippen LogP contribution in [0.15, 0.2) is 48.5 Å². The van der Waals surface area contributed by atoms with Gasteiger partial charge in [-0.3, -0.25) is 14.5 Å². The highest BCUT2D eigenvalue weighted by molar-refractivity contribution is 6.00. The number of anilines is 2. The number of Topliss-reactive ketones (excluding diaryl/α,β-unsaturated/α-hetero) is 1. The van der Waals surface area contributed by atoms with Gasteiger partial charge in [0, 0.05) is 30.0 Å². The molecule has 7 nitrogen and oxygen atoms in total. The minimum absolute atomic E-state index is 0.0450. The zero-order valence-electron chi connectivity index (χ0n) is 16.0. The van der Waals surface area contributed by atoms with Gasteiger partial charge in [-0.2, -0.15) is 0 Å². The number of hydrogen-bond acceptors (Lipinski definition) is 4. The second-order valence-electron chi connectivity index (χ2n) is 6.47. The van der Waals surface area contributed by atoms with Crippen LogP contribution in [-0.2, 0) is 4.79 Å². The van der Waals surface area contributed by atoms with Crippen molar-refractivity contribution in [3.8, 4) is 5.75 Å². The number of amides is 3. The number of benzene rings is 2. The van der Waals surface area contributed by atoms with E-state index >= 15 is 0 Å². The molecular formula is C21H23N3O4. The number of ether oxygens (including phenoxy) is 1. The Morgan fingerprint density at radius 2 is 1.86 bits per heavy atom. The molecule has 0 spiro atoms. The van der Waals surface area contributed by atoms with Crippen molar-refractivity contribution < 1.29 is 19.1 Å². The van der Waals surface area contributed by atoms with Crippen molar-refractivity contribution in [1.82, 2.24) is 4.90 Å². The van der Waals surface area contributed by atoms with Crippen LogP contribution in [0.5, 0.6) is 5.75 Å². The molecule has 0 saturated carbocycles. The molecule has 28 heavy (non-hydrogen) atoms. The van der Waals surface area contributed by atoms with Crippen LogP contribution >= 0.6 is 0 Å². The maximum absolute atomic E-state index is 12.6. The maximum Gasteiger partial charge on any atom is 0.325 e. The molecule has 1 N–H and O–H groups in total. The van der Waals surface area contributed by atoms with E-state index in [0.717, 1.165) is 11.4 Å². The first kappa shape index (κ1) is 19.4. The van der Waals surface area contributed by atoms with E-state index < -0.39 is 0 Å². The molecular weight excluding hydrogens is 358 g/mol. The average Bonchev–Trinajstić information content (AvgIpc) is 3.03. The summed E-state index contributed by atoms with van der Waals surface area (Å²) in [6.45, 7) is 4.90. The summed E-state index contributed by atoms with van der Waals surface area (Å²) < 4.78 is 5.42. The molecule has 0 radical (unpaired) electrons. The molecule has 2 aromatic rings. The largest absolute Gasteiger partial charge is 0.494 e. The zero-order valence-corrected chi connectivity index (χ0v) is 16.0. The Hall–Kier alpha value is -3.35. The van der Waals surface area contributed by atoms with Crippen molar-refractivity contribution in [2.24, 2.45) is 0 Å². The van der Waals surface area contributed by atoms with E-state index in [1.807, 2.05) is 31.2 Å². The third kappa shape index (κ3) is 4.49. The van der Waals surface area contributed by atoms with Gasteiger partial charge in [-0.1, -0.05) is 12.1 Å². The van der Waals surface area contributed by atoms with Gasteiger partial charge in [0.1, 0.15) is 12.3 Å². The van der Waals surface area contributed by atoms with Gasteiger partial charge in [-0.15, -0.1) is 0 Å². The lowest BCUT2D eigenvalue weighted by atomic mass is 10.1. The first-order valence-corrected chi connectivity index (χ1v) is 9.18. The Balaban J connectivity index is 1.59. The van der Waals surface area contributed by atoms with Gasteiger partial charge < -0.3 is 15.0 Å². The second kappa shape index (κ2) is 8.56. The van der Waals surface area contributed by atoms with E-state index in [1.165, 1.54) is 11.8 Å². The van der Waals surface area contributed by atoms with Crippen LogP contribution in [0.25, 0.3) is 0 Å². The van der Waals surface area contributed by atoms with Crippen LogP contribution < -0.4 is 15.0 Å². The van der Waals surface area contributed by atoms with E-state index in [4.69, 9.17) is 4.74 Å². The SMILES string of the molecule is CCOc1ccc(N2CCN(CC(=O)Nc3cccc(C(C)=O)c3)C2=O)cc1. The van der Waals surface area contributed by atoms with Crippen molar-refractivity contribution >= 4 is 29.1 Å². The number of nitrogens with zero attached hydrogens (tertiary/aromatic N) is 2. The third-order valence-corrected chi connectivity index (χ3v) is 4.44. The first-order chi connectivity index (χ1) is 13.5. The lowest BCUT2D eigenvalue weighted by Gasteiger charge is -2.19. The number of hydrogen-bond donors (Lipinski definition) is 1. The normalized spacial score (nSPS) is 13.6. The Morgan fingerprint density at radius 1 is 1.11 bits per heavy atom. The fourth-order valence-corrected chi connectivity index (χ4v) is 3.05. The fourth-order valence-electron chi connectivity index (χ4n) is 3.05. The highest BCUT2D eigenvalue weighted by atomic mass is 16.5. The Morgan fingerprint density at radius 3 is 2.54 bits per heavy atom. The number of nitrogens with one attached hydrogen (secondary N) is 1. The van der Waals surface area contributed by atoms with E-state index in [2.05, 4.69) is 5.32 Å². The van der Waals surface area contributed by atoms with Gasteiger partial charge >= 0.3 is 6.03 Å². The number of carbonyl (C=O) groups excluding carboxylic acids is 3. The van der Waals surface area contributed by atoms with Gasteiger partial charge in [0.05, 0.1) is 6.61 Å². The minimum Gasteiger partial charge on any atom is -0.494 e. The quantitative estimate of drug-likeness (QED) is 0.747.